The quantitative estimate of drug-likeness (QED) is 0.823. The summed E-state index contributed by atoms with van der Waals surface area (Å²) in [6.45, 7) is 5.13. The SMILES string of the molecule is CCCC1CCCC(NCc2ccnc(C)n2)CC1. The summed E-state index contributed by atoms with van der Waals surface area (Å²) in [4.78, 5) is 8.59. The Balaban J connectivity index is 1.77. The molecule has 3 nitrogen and oxygen atoms in total. The molecule has 1 fully saturated rings. The highest BCUT2D eigenvalue weighted by Gasteiger charge is 2.17. The van der Waals surface area contributed by atoms with Gasteiger partial charge in [0.05, 0.1) is 5.69 Å². The summed E-state index contributed by atoms with van der Waals surface area (Å²) < 4.78 is 0. The van der Waals surface area contributed by atoms with Crippen LogP contribution in [0.4, 0.5) is 0 Å². The molecule has 0 amide bonds. The van der Waals surface area contributed by atoms with Gasteiger partial charge in [-0.05, 0) is 38.2 Å². The van der Waals surface area contributed by atoms with E-state index >= 15 is 0 Å². The van der Waals surface area contributed by atoms with E-state index in [1.165, 1.54) is 44.9 Å². The van der Waals surface area contributed by atoms with Crippen LogP contribution < -0.4 is 5.32 Å². The highest BCUT2D eigenvalue weighted by atomic mass is 14.9. The largest absolute Gasteiger partial charge is 0.308 e. The second kappa shape index (κ2) is 7.59. The lowest BCUT2D eigenvalue weighted by Crippen LogP contribution is -2.28. The predicted molar refractivity (Wildman–Crippen MR) is 78.9 cm³/mol. The van der Waals surface area contributed by atoms with E-state index in [0.29, 0.717) is 6.04 Å². The fourth-order valence-electron chi connectivity index (χ4n) is 3.13. The van der Waals surface area contributed by atoms with E-state index in [0.717, 1.165) is 24.0 Å². The van der Waals surface area contributed by atoms with Crippen molar-refractivity contribution in [1.29, 1.82) is 0 Å². The van der Waals surface area contributed by atoms with Gasteiger partial charge in [0, 0.05) is 18.8 Å². The summed E-state index contributed by atoms with van der Waals surface area (Å²) in [5.74, 6) is 1.83. The lowest BCUT2D eigenvalue weighted by molar-refractivity contribution is 0.409. The van der Waals surface area contributed by atoms with Crippen LogP contribution in [0, 0.1) is 12.8 Å². The van der Waals surface area contributed by atoms with Gasteiger partial charge in [0.15, 0.2) is 0 Å². The standard InChI is InChI=1S/C16H27N3/c1-3-5-14-6-4-7-15(9-8-14)18-12-16-10-11-17-13(2)19-16/h10-11,14-15,18H,3-9,12H2,1-2H3. The predicted octanol–water partition coefficient (Wildman–Crippen LogP) is 3.62. The molecule has 0 spiro atoms. The summed E-state index contributed by atoms with van der Waals surface area (Å²) in [7, 11) is 0. The molecule has 0 aromatic carbocycles. The van der Waals surface area contributed by atoms with Crippen LogP contribution in [0.3, 0.4) is 0 Å². The second-order valence-electron chi connectivity index (χ2n) is 5.84. The fraction of sp³-hybridized carbons (Fsp3) is 0.750. The number of nitrogens with zero attached hydrogens (tertiary/aromatic N) is 2. The Bertz CT molecular complexity index is 378. The third-order valence-corrected chi connectivity index (χ3v) is 4.19. The minimum absolute atomic E-state index is 0.678. The lowest BCUT2D eigenvalue weighted by Gasteiger charge is -2.16. The first-order chi connectivity index (χ1) is 9.28. The van der Waals surface area contributed by atoms with Gasteiger partial charge in [0.2, 0.25) is 0 Å². The monoisotopic (exact) mass is 261 g/mol. The molecule has 0 saturated heterocycles. The van der Waals surface area contributed by atoms with E-state index in [4.69, 9.17) is 0 Å². The van der Waals surface area contributed by atoms with Crippen molar-refractivity contribution in [2.24, 2.45) is 5.92 Å². The van der Waals surface area contributed by atoms with E-state index in [9.17, 15) is 0 Å². The Morgan fingerprint density at radius 3 is 2.95 bits per heavy atom. The molecule has 1 aromatic rings. The molecule has 106 valence electrons. The maximum Gasteiger partial charge on any atom is 0.125 e. The Morgan fingerprint density at radius 1 is 1.26 bits per heavy atom. The molecule has 0 bridgehead atoms. The molecular weight excluding hydrogens is 234 g/mol. The van der Waals surface area contributed by atoms with Gasteiger partial charge < -0.3 is 5.32 Å². The molecule has 0 aliphatic heterocycles. The summed E-state index contributed by atoms with van der Waals surface area (Å²) in [5.41, 5.74) is 1.11. The maximum atomic E-state index is 4.45. The van der Waals surface area contributed by atoms with E-state index in [1.807, 2.05) is 19.2 Å². The lowest BCUT2D eigenvalue weighted by atomic mass is 9.95. The molecule has 1 N–H and O–H groups in total. The van der Waals surface area contributed by atoms with E-state index in [2.05, 4.69) is 22.2 Å². The van der Waals surface area contributed by atoms with Gasteiger partial charge in [0.1, 0.15) is 5.82 Å². The zero-order valence-electron chi connectivity index (χ0n) is 12.4. The zero-order chi connectivity index (χ0) is 13.5. The Labute approximate surface area is 117 Å². The van der Waals surface area contributed by atoms with Crippen LogP contribution in [-0.2, 0) is 6.54 Å². The third-order valence-electron chi connectivity index (χ3n) is 4.19. The van der Waals surface area contributed by atoms with Crippen molar-refractivity contribution in [2.45, 2.75) is 71.4 Å². The number of nitrogens with one attached hydrogen (secondary N) is 1. The average Bonchev–Trinajstić information content (AvgIpc) is 2.63. The van der Waals surface area contributed by atoms with Crippen LogP contribution in [-0.4, -0.2) is 16.0 Å². The second-order valence-corrected chi connectivity index (χ2v) is 5.84. The van der Waals surface area contributed by atoms with E-state index in [1.54, 1.807) is 0 Å². The van der Waals surface area contributed by atoms with Crippen LogP contribution in [0.2, 0.25) is 0 Å². The molecule has 0 radical (unpaired) electrons. The number of rotatable bonds is 5. The number of hydrogen-bond acceptors (Lipinski definition) is 3. The maximum absolute atomic E-state index is 4.45. The Morgan fingerprint density at radius 2 is 2.16 bits per heavy atom. The van der Waals surface area contributed by atoms with Gasteiger partial charge in [-0.2, -0.15) is 0 Å². The summed E-state index contributed by atoms with van der Waals surface area (Å²) in [6, 6.07) is 2.69. The van der Waals surface area contributed by atoms with Crippen molar-refractivity contribution in [3.63, 3.8) is 0 Å². The number of aromatic nitrogens is 2. The molecule has 19 heavy (non-hydrogen) atoms. The first kappa shape index (κ1) is 14.4. The van der Waals surface area contributed by atoms with Gasteiger partial charge in [0.25, 0.3) is 0 Å². The molecule has 2 unspecified atom stereocenters. The summed E-state index contributed by atoms with van der Waals surface area (Å²) >= 11 is 0. The van der Waals surface area contributed by atoms with Crippen LogP contribution in [0.1, 0.15) is 63.4 Å². The molecule has 3 heteroatoms. The molecule has 2 atom stereocenters. The number of hydrogen-bond donors (Lipinski definition) is 1. The first-order valence-corrected chi connectivity index (χ1v) is 7.80. The normalized spacial score (nSPS) is 24.1. The van der Waals surface area contributed by atoms with Crippen LogP contribution in [0.5, 0.6) is 0 Å². The highest BCUT2D eigenvalue weighted by Crippen LogP contribution is 2.26. The van der Waals surface area contributed by atoms with Crippen molar-refractivity contribution in [3.8, 4) is 0 Å². The van der Waals surface area contributed by atoms with Gasteiger partial charge in [-0.25, -0.2) is 9.97 Å². The van der Waals surface area contributed by atoms with Crippen molar-refractivity contribution in [1.82, 2.24) is 15.3 Å². The summed E-state index contributed by atoms with van der Waals surface area (Å²) in [5, 5.41) is 3.68. The molecule has 1 saturated carbocycles. The topological polar surface area (TPSA) is 37.8 Å². The number of aryl methyl sites for hydroxylation is 1. The highest BCUT2D eigenvalue weighted by molar-refractivity contribution is 5.01. The molecule has 2 rings (SSSR count). The molecule has 1 aliphatic carbocycles. The van der Waals surface area contributed by atoms with Crippen LogP contribution in [0.25, 0.3) is 0 Å². The Kier molecular flexibility index (Phi) is 5.77. The Hall–Kier alpha value is -0.960. The molecule has 1 aliphatic rings. The van der Waals surface area contributed by atoms with Gasteiger partial charge in [-0.15, -0.1) is 0 Å². The minimum Gasteiger partial charge on any atom is -0.308 e. The van der Waals surface area contributed by atoms with Crippen LogP contribution >= 0.6 is 0 Å². The first-order valence-electron chi connectivity index (χ1n) is 7.80. The van der Waals surface area contributed by atoms with Gasteiger partial charge in [-0.1, -0.05) is 32.6 Å². The average molecular weight is 261 g/mol. The van der Waals surface area contributed by atoms with E-state index in [-0.39, 0.29) is 0 Å². The molecule has 1 aromatic heterocycles. The van der Waals surface area contributed by atoms with Crippen molar-refractivity contribution < 1.29 is 0 Å². The minimum atomic E-state index is 0.678. The van der Waals surface area contributed by atoms with Crippen molar-refractivity contribution in [2.75, 3.05) is 0 Å². The van der Waals surface area contributed by atoms with E-state index < -0.39 is 0 Å². The fourth-order valence-corrected chi connectivity index (χ4v) is 3.13. The third kappa shape index (κ3) is 4.90. The van der Waals surface area contributed by atoms with Crippen molar-refractivity contribution in [3.05, 3.63) is 23.8 Å². The molecule has 1 heterocycles. The van der Waals surface area contributed by atoms with Gasteiger partial charge >= 0.3 is 0 Å². The molecular formula is C16H27N3. The van der Waals surface area contributed by atoms with Crippen molar-refractivity contribution >= 4 is 0 Å². The zero-order valence-corrected chi connectivity index (χ0v) is 12.4. The van der Waals surface area contributed by atoms with Gasteiger partial charge in [-0.3, -0.25) is 0 Å². The van der Waals surface area contributed by atoms with Crippen LogP contribution in [0.15, 0.2) is 12.3 Å². The smallest absolute Gasteiger partial charge is 0.125 e. The summed E-state index contributed by atoms with van der Waals surface area (Å²) in [6.07, 6.45) is 11.5.